The summed E-state index contributed by atoms with van der Waals surface area (Å²) in [5.74, 6) is 1.49. The molecule has 2 N–H and O–H groups in total. The number of methoxy groups -OCH3 is 1. The summed E-state index contributed by atoms with van der Waals surface area (Å²) < 4.78 is 10.6. The van der Waals surface area contributed by atoms with E-state index in [-0.39, 0.29) is 19.1 Å². The second-order valence-electron chi connectivity index (χ2n) is 5.15. The molecule has 0 bridgehead atoms. The molecule has 132 valence electrons. The van der Waals surface area contributed by atoms with Crippen LogP contribution in [0, 0.1) is 0 Å². The monoisotopic (exact) mass is 371 g/mol. The Bertz CT molecular complexity index is 546. The Morgan fingerprint density at radius 2 is 1.96 bits per heavy atom. The van der Waals surface area contributed by atoms with Gasteiger partial charge in [-0.05, 0) is 35.6 Å². The first-order valence-electron chi connectivity index (χ1n) is 7.58. The molecular weight excluding hydrogens is 350 g/mol. The van der Waals surface area contributed by atoms with Gasteiger partial charge >= 0.3 is 5.97 Å². The number of benzene rings is 1. The summed E-state index contributed by atoms with van der Waals surface area (Å²) in [6.45, 7) is -0.259. The fourth-order valence-electron chi connectivity index (χ4n) is 2.08. The Kier molecular flexibility index (Phi) is 7.74. The number of thioether (sulfide) groups is 2. The minimum Gasteiger partial charge on any atom is -0.484 e. The number of carboxylic acids is 1. The SMILES string of the molecule is COC(CNC(=O)COc1ccc(C2SCCCS2)cc1)C(=O)O. The van der Waals surface area contributed by atoms with Crippen molar-refractivity contribution >= 4 is 35.4 Å². The number of rotatable bonds is 8. The van der Waals surface area contributed by atoms with Crippen LogP contribution < -0.4 is 10.1 Å². The van der Waals surface area contributed by atoms with Crippen LogP contribution in [0.5, 0.6) is 5.75 Å². The van der Waals surface area contributed by atoms with Crippen LogP contribution >= 0.6 is 23.5 Å². The molecule has 0 radical (unpaired) electrons. The van der Waals surface area contributed by atoms with Gasteiger partial charge in [0.15, 0.2) is 12.7 Å². The van der Waals surface area contributed by atoms with Crippen molar-refractivity contribution in [3.05, 3.63) is 29.8 Å². The van der Waals surface area contributed by atoms with E-state index in [9.17, 15) is 9.59 Å². The maximum Gasteiger partial charge on any atom is 0.334 e. The number of carbonyl (C=O) groups excluding carboxylic acids is 1. The Morgan fingerprint density at radius 3 is 2.54 bits per heavy atom. The predicted molar refractivity (Wildman–Crippen MR) is 95.7 cm³/mol. The molecule has 0 spiro atoms. The summed E-state index contributed by atoms with van der Waals surface area (Å²) in [5, 5.41) is 11.3. The zero-order valence-corrected chi connectivity index (χ0v) is 15.0. The van der Waals surface area contributed by atoms with Gasteiger partial charge in [-0.1, -0.05) is 12.1 Å². The van der Waals surface area contributed by atoms with Crippen molar-refractivity contribution in [1.82, 2.24) is 5.32 Å². The third kappa shape index (κ3) is 5.92. The van der Waals surface area contributed by atoms with Crippen LogP contribution in [0.25, 0.3) is 0 Å². The van der Waals surface area contributed by atoms with Crippen molar-refractivity contribution in [1.29, 1.82) is 0 Å². The number of hydrogen-bond acceptors (Lipinski definition) is 6. The van der Waals surface area contributed by atoms with E-state index in [1.165, 1.54) is 30.6 Å². The number of aliphatic carboxylic acids is 1. The van der Waals surface area contributed by atoms with Gasteiger partial charge in [0.1, 0.15) is 5.75 Å². The van der Waals surface area contributed by atoms with E-state index < -0.39 is 12.1 Å². The maximum absolute atomic E-state index is 11.7. The first kappa shape index (κ1) is 19.0. The standard InChI is InChI=1S/C16H21NO5S2/c1-21-13(15(19)20)9-17-14(18)10-22-12-5-3-11(4-6-12)16-23-7-2-8-24-16/h3-6,13,16H,2,7-10H2,1H3,(H,17,18)(H,19,20). The van der Waals surface area contributed by atoms with Crippen molar-refractivity contribution < 1.29 is 24.2 Å². The minimum atomic E-state index is -1.12. The molecule has 1 aliphatic rings. The highest BCUT2D eigenvalue weighted by atomic mass is 32.2. The lowest BCUT2D eigenvalue weighted by atomic mass is 10.2. The van der Waals surface area contributed by atoms with Gasteiger partial charge in [0.05, 0.1) is 11.1 Å². The molecule has 1 amide bonds. The van der Waals surface area contributed by atoms with E-state index >= 15 is 0 Å². The Labute approximate surface area is 149 Å². The number of carbonyl (C=O) groups is 2. The van der Waals surface area contributed by atoms with Crippen LogP contribution in [0.3, 0.4) is 0 Å². The highest BCUT2D eigenvalue weighted by Gasteiger charge is 2.18. The lowest BCUT2D eigenvalue weighted by Crippen LogP contribution is -2.39. The van der Waals surface area contributed by atoms with Crippen LogP contribution in [0.1, 0.15) is 16.6 Å². The average Bonchev–Trinajstić information content (AvgIpc) is 2.61. The fraction of sp³-hybridized carbons (Fsp3) is 0.500. The summed E-state index contributed by atoms with van der Waals surface area (Å²) in [6, 6.07) is 7.75. The highest BCUT2D eigenvalue weighted by Crippen LogP contribution is 2.43. The van der Waals surface area contributed by atoms with Crippen molar-refractivity contribution in [2.45, 2.75) is 17.1 Å². The highest BCUT2D eigenvalue weighted by molar-refractivity contribution is 8.16. The van der Waals surface area contributed by atoms with Gasteiger partial charge in [0.25, 0.3) is 5.91 Å². The van der Waals surface area contributed by atoms with E-state index in [1.807, 2.05) is 47.8 Å². The molecule has 1 atom stereocenters. The molecule has 1 saturated heterocycles. The molecule has 8 heteroatoms. The molecule has 1 aliphatic heterocycles. The van der Waals surface area contributed by atoms with Gasteiger partial charge in [-0.3, -0.25) is 4.79 Å². The Morgan fingerprint density at radius 1 is 1.29 bits per heavy atom. The zero-order valence-electron chi connectivity index (χ0n) is 13.4. The van der Waals surface area contributed by atoms with Crippen LogP contribution in [0.4, 0.5) is 0 Å². The van der Waals surface area contributed by atoms with Gasteiger partial charge in [-0.2, -0.15) is 0 Å². The summed E-state index contributed by atoms with van der Waals surface area (Å²) in [7, 11) is 1.28. The number of ether oxygens (including phenoxy) is 2. The predicted octanol–water partition coefficient (Wildman–Crippen LogP) is 2.15. The smallest absolute Gasteiger partial charge is 0.334 e. The van der Waals surface area contributed by atoms with Gasteiger partial charge in [-0.15, -0.1) is 23.5 Å². The van der Waals surface area contributed by atoms with Crippen LogP contribution in [-0.2, 0) is 14.3 Å². The zero-order chi connectivity index (χ0) is 17.4. The van der Waals surface area contributed by atoms with Crippen LogP contribution in [0.2, 0.25) is 0 Å². The van der Waals surface area contributed by atoms with E-state index in [0.717, 1.165) is 0 Å². The number of hydrogen-bond donors (Lipinski definition) is 2. The third-order valence-electron chi connectivity index (χ3n) is 3.39. The van der Waals surface area contributed by atoms with E-state index in [0.29, 0.717) is 10.3 Å². The van der Waals surface area contributed by atoms with Crippen LogP contribution in [-0.4, -0.2) is 54.9 Å². The maximum atomic E-state index is 11.7. The summed E-state index contributed by atoms with van der Waals surface area (Å²) in [4.78, 5) is 22.5. The van der Waals surface area contributed by atoms with Gasteiger partial charge in [-0.25, -0.2) is 4.79 Å². The van der Waals surface area contributed by atoms with Crippen molar-refractivity contribution in [2.75, 3.05) is 31.8 Å². The second-order valence-corrected chi connectivity index (χ2v) is 7.88. The molecule has 1 unspecified atom stereocenters. The largest absolute Gasteiger partial charge is 0.484 e. The first-order valence-corrected chi connectivity index (χ1v) is 9.68. The number of nitrogens with one attached hydrogen (secondary N) is 1. The third-order valence-corrected chi connectivity index (χ3v) is 6.41. The Hall–Kier alpha value is -1.38. The number of amides is 1. The molecular formula is C16H21NO5S2. The Balaban J connectivity index is 1.75. The average molecular weight is 371 g/mol. The lowest BCUT2D eigenvalue weighted by molar-refractivity contribution is -0.148. The summed E-state index contributed by atoms with van der Waals surface area (Å²) in [5.41, 5.74) is 1.26. The molecule has 2 rings (SSSR count). The van der Waals surface area contributed by atoms with Gasteiger partial charge in [0.2, 0.25) is 0 Å². The first-order chi connectivity index (χ1) is 11.6. The normalized spacial score (nSPS) is 16.4. The topological polar surface area (TPSA) is 84.9 Å². The fourth-order valence-corrected chi connectivity index (χ4v) is 4.97. The molecule has 1 heterocycles. The van der Waals surface area contributed by atoms with Crippen molar-refractivity contribution in [3.8, 4) is 5.75 Å². The summed E-state index contributed by atoms with van der Waals surface area (Å²) >= 11 is 3.90. The van der Waals surface area contributed by atoms with Crippen molar-refractivity contribution in [3.63, 3.8) is 0 Å². The molecule has 0 aromatic heterocycles. The van der Waals surface area contributed by atoms with Crippen LogP contribution in [0.15, 0.2) is 24.3 Å². The molecule has 0 aliphatic carbocycles. The minimum absolute atomic E-state index is 0.0942. The molecule has 1 aromatic rings. The molecule has 0 saturated carbocycles. The second kappa shape index (κ2) is 9.80. The lowest BCUT2D eigenvalue weighted by Gasteiger charge is -2.21. The van der Waals surface area contributed by atoms with Gasteiger partial charge in [0, 0.05) is 7.11 Å². The van der Waals surface area contributed by atoms with E-state index in [1.54, 1.807) is 0 Å². The van der Waals surface area contributed by atoms with E-state index in [4.69, 9.17) is 14.6 Å². The summed E-state index contributed by atoms with van der Waals surface area (Å²) in [6.07, 6.45) is 0.201. The number of carboxylic acid groups (broad SMARTS) is 1. The molecule has 24 heavy (non-hydrogen) atoms. The molecule has 1 fully saturated rings. The van der Waals surface area contributed by atoms with Crippen molar-refractivity contribution in [2.24, 2.45) is 0 Å². The molecule has 1 aromatic carbocycles. The molecule has 6 nitrogen and oxygen atoms in total. The quantitative estimate of drug-likeness (QED) is 0.724. The van der Waals surface area contributed by atoms with E-state index in [2.05, 4.69) is 5.32 Å². The van der Waals surface area contributed by atoms with Gasteiger partial charge < -0.3 is 19.9 Å².